The summed E-state index contributed by atoms with van der Waals surface area (Å²) in [7, 11) is 0. The van der Waals surface area contributed by atoms with E-state index in [4.69, 9.17) is 0 Å². The highest BCUT2D eigenvalue weighted by molar-refractivity contribution is 5.95. The topological polar surface area (TPSA) is 42.0 Å². The Morgan fingerprint density at radius 1 is 1.10 bits per heavy atom. The van der Waals surface area contributed by atoms with Crippen LogP contribution in [0.25, 0.3) is 11.1 Å². The molecule has 0 atom stereocenters. The van der Waals surface area contributed by atoms with Gasteiger partial charge in [0.05, 0.1) is 5.56 Å². The van der Waals surface area contributed by atoms with Gasteiger partial charge in [-0.2, -0.15) is 0 Å². The van der Waals surface area contributed by atoms with Crippen LogP contribution in [0, 0.1) is 6.92 Å². The van der Waals surface area contributed by atoms with Crippen molar-refractivity contribution in [2.75, 3.05) is 6.54 Å². The van der Waals surface area contributed by atoms with Crippen molar-refractivity contribution in [1.82, 2.24) is 10.3 Å². The van der Waals surface area contributed by atoms with Crippen LogP contribution in [-0.2, 0) is 0 Å². The molecular weight excluding hydrogens is 260 g/mol. The van der Waals surface area contributed by atoms with Crippen molar-refractivity contribution in [3.8, 4) is 11.1 Å². The molecule has 1 aromatic heterocycles. The number of benzene rings is 1. The fourth-order valence-corrected chi connectivity index (χ4v) is 2.15. The first-order valence-corrected chi connectivity index (χ1v) is 7.51. The zero-order valence-electron chi connectivity index (χ0n) is 12.7. The summed E-state index contributed by atoms with van der Waals surface area (Å²) in [5.74, 6) is -0.0486. The molecule has 0 fully saturated rings. The lowest BCUT2D eigenvalue weighted by Crippen LogP contribution is -2.24. The summed E-state index contributed by atoms with van der Waals surface area (Å²) >= 11 is 0. The van der Waals surface area contributed by atoms with Crippen molar-refractivity contribution >= 4 is 5.91 Å². The molecule has 21 heavy (non-hydrogen) atoms. The number of carbonyl (C=O) groups is 1. The van der Waals surface area contributed by atoms with Gasteiger partial charge < -0.3 is 5.32 Å². The Kier molecular flexibility index (Phi) is 5.50. The van der Waals surface area contributed by atoms with E-state index < -0.39 is 0 Å². The first-order valence-electron chi connectivity index (χ1n) is 7.51. The average Bonchev–Trinajstić information content (AvgIpc) is 2.52. The van der Waals surface area contributed by atoms with E-state index >= 15 is 0 Å². The molecule has 1 N–H and O–H groups in total. The predicted octanol–water partition coefficient (Wildman–Crippen LogP) is 3.98. The van der Waals surface area contributed by atoms with Gasteiger partial charge in [0.2, 0.25) is 0 Å². The number of rotatable bonds is 6. The second kappa shape index (κ2) is 7.58. The van der Waals surface area contributed by atoms with Crippen LogP contribution in [0.1, 0.15) is 42.1 Å². The van der Waals surface area contributed by atoms with Crippen LogP contribution in [-0.4, -0.2) is 17.4 Å². The molecule has 1 aromatic carbocycles. The Balaban J connectivity index is 2.06. The normalized spacial score (nSPS) is 10.4. The number of unbranched alkanes of at least 4 members (excludes halogenated alkanes) is 2. The summed E-state index contributed by atoms with van der Waals surface area (Å²) in [6, 6.07) is 10.1. The molecule has 0 bridgehead atoms. The van der Waals surface area contributed by atoms with Crippen molar-refractivity contribution in [3.63, 3.8) is 0 Å². The van der Waals surface area contributed by atoms with Crippen molar-refractivity contribution in [3.05, 3.63) is 53.9 Å². The molecule has 1 heterocycles. The molecule has 0 aliphatic heterocycles. The van der Waals surface area contributed by atoms with E-state index in [0.29, 0.717) is 5.56 Å². The van der Waals surface area contributed by atoms with Crippen LogP contribution in [0.3, 0.4) is 0 Å². The number of nitrogens with zero attached hydrogens (tertiary/aromatic N) is 1. The lowest BCUT2D eigenvalue weighted by Gasteiger charge is -2.07. The van der Waals surface area contributed by atoms with Crippen LogP contribution in [0.2, 0.25) is 0 Å². The van der Waals surface area contributed by atoms with Gasteiger partial charge in [-0.25, -0.2) is 0 Å². The summed E-state index contributed by atoms with van der Waals surface area (Å²) in [5.41, 5.74) is 3.88. The fraction of sp³-hybridized carbons (Fsp3) is 0.333. The number of hydrogen-bond acceptors (Lipinski definition) is 2. The molecule has 110 valence electrons. The maximum Gasteiger partial charge on any atom is 0.252 e. The van der Waals surface area contributed by atoms with Crippen LogP contribution < -0.4 is 5.32 Å². The Labute approximate surface area is 126 Å². The molecule has 0 spiro atoms. The number of nitrogens with one attached hydrogen (secondary N) is 1. The Hall–Kier alpha value is -2.16. The minimum atomic E-state index is -0.0486. The molecule has 0 saturated carbocycles. The number of amides is 1. The van der Waals surface area contributed by atoms with Crippen molar-refractivity contribution in [2.45, 2.75) is 33.1 Å². The molecule has 2 rings (SSSR count). The molecule has 0 saturated heterocycles. The number of aromatic nitrogens is 1. The van der Waals surface area contributed by atoms with E-state index in [2.05, 4.69) is 48.4 Å². The largest absolute Gasteiger partial charge is 0.352 e. The summed E-state index contributed by atoms with van der Waals surface area (Å²) in [5, 5.41) is 2.94. The molecule has 0 aliphatic carbocycles. The molecule has 0 aliphatic rings. The van der Waals surface area contributed by atoms with E-state index in [1.807, 2.05) is 6.07 Å². The summed E-state index contributed by atoms with van der Waals surface area (Å²) < 4.78 is 0. The van der Waals surface area contributed by atoms with E-state index in [1.54, 1.807) is 12.4 Å². The van der Waals surface area contributed by atoms with Crippen molar-refractivity contribution in [2.24, 2.45) is 0 Å². The fourth-order valence-electron chi connectivity index (χ4n) is 2.15. The van der Waals surface area contributed by atoms with Crippen LogP contribution in [0.4, 0.5) is 0 Å². The Morgan fingerprint density at radius 3 is 2.57 bits per heavy atom. The van der Waals surface area contributed by atoms with E-state index in [0.717, 1.165) is 36.9 Å². The first-order chi connectivity index (χ1) is 10.2. The SMILES string of the molecule is CCCCCNC(=O)c1cncc(-c2ccc(C)cc2)c1. The van der Waals surface area contributed by atoms with E-state index in [-0.39, 0.29) is 5.91 Å². The maximum absolute atomic E-state index is 12.1. The maximum atomic E-state index is 12.1. The molecule has 3 heteroatoms. The minimum absolute atomic E-state index is 0.0486. The molecule has 0 unspecified atom stereocenters. The number of aryl methyl sites for hydroxylation is 1. The van der Waals surface area contributed by atoms with Gasteiger partial charge in [-0.05, 0) is 25.0 Å². The second-order valence-electron chi connectivity index (χ2n) is 5.29. The second-order valence-corrected chi connectivity index (χ2v) is 5.29. The highest BCUT2D eigenvalue weighted by Gasteiger charge is 2.07. The highest BCUT2D eigenvalue weighted by atomic mass is 16.1. The van der Waals surface area contributed by atoms with E-state index in [1.165, 1.54) is 5.56 Å². The van der Waals surface area contributed by atoms with Crippen LogP contribution >= 0.6 is 0 Å². The smallest absolute Gasteiger partial charge is 0.252 e. The Bertz CT molecular complexity index is 590. The van der Waals surface area contributed by atoms with Gasteiger partial charge in [0, 0.05) is 24.5 Å². The third-order valence-corrected chi connectivity index (χ3v) is 3.45. The first kappa shape index (κ1) is 15.2. The number of pyridine rings is 1. The van der Waals surface area contributed by atoms with E-state index in [9.17, 15) is 4.79 Å². The molecule has 3 nitrogen and oxygen atoms in total. The Morgan fingerprint density at radius 2 is 1.86 bits per heavy atom. The van der Waals surface area contributed by atoms with Gasteiger partial charge in [0.1, 0.15) is 0 Å². The number of carbonyl (C=O) groups excluding carboxylic acids is 1. The lowest BCUT2D eigenvalue weighted by atomic mass is 10.0. The molecular formula is C18H22N2O. The zero-order valence-corrected chi connectivity index (χ0v) is 12.7. The summed E-state index contributed by atoms with van der Waals surface area (Å²) in [6.07, 6.45) is 6.72. The van der Waals surface area contributed by atoms with Gasteiger partial charge in [-0.3, -0.25) is 9.78 Å². The van der Waals surface area contributed by atoms with Gasteiger partial charge in [-0.15, -0.1) is 0 Å². The summed E-state index contributed by atoms with van der Waals surface area (Å²) in [4.78, 5) is 16.3. The quantitative estimate of drug-likeness (QED) is 0.814. The predicted molar refractivity (Wildman–Crippen MR) is 86.3 cm³/mol. The standard InChI is InChI=1S/C18H22N2O/c1-3-4-5-10-20-18(21)17-11-16(12-19-13-17)15-8-6-14(2)7-9-15/h6-9,11-13H,3-5,10H2,1-2H3,(H,20,21). The van der Waals surface area contributed by atoms with Gasteiger partial charge in [-0.1, -0.05) is 49.6 Å². The van der Waals surface area contributed by atoms with Crippen LogP contribution in [0.5, 0.6) is 0 Å². The zero-order chi connectivity index (χ0) is 15.1. The third kappa shape index (κ3) is 4.42. The van der Waals surface area contributed by atoms with Crippen molar-refractivity contribution in [1.29, 1.82) is 0 Å². The van der Waals surface area contributed by atoms with Crippen LogP contribution in [0.15, 0.2) is 42.7 Å². The summed E-state index contributed by atoms with van der Waals surface area (Å²) in [6.45, 7) is 4.93. The molecule has 2 aromatic rings. The molecule has 0 radical (unpaired) electrons. The number of hydrogen-bond donors (Lipinski definition) is 1. The minimum Gasteiger partial charge on any atom is -0.352 e. The third-order valence-electron chi connectivity index (χ3n) is 3.45. The van der Waals surface area contributed by atoms with Crippen molar-refractivity contribution < 1.29 is 4.79 Å². The molecule has 1 amide bonds. The average molecular weight is 282 g/mol. The lowest BCUT2D eigenvalue weighted by molar-refractivity contribution is 0.0952. The monoisotopic (exact) mass is 282 g/mol. The van der Waals surface area contributed by atoms with Gasteiger partial charge in [0.15, 0.2) is 0 Å². The van der Waals surface area contributed by atoms with Gasteiger partial charge in [0.25, 0.3) is 5.91 Å². The highest BCUT2D eigenvalue weighted by Crippen LogP contribution is 2.19. The van der Waals surface area contributed by atoms with Gasteiger partial charge >= 0.3 is 0 Å².